The zero-order valence-corrected chi connectivity index (χ0v) is 49.7. The molecule has 4 aromatic heterocycles. The molecule has 2 aliphatic heterocycles. The summed E-state index contributed by atoms with van der Waals surface area (Å²) in [5.41, 5.74) is 6.74. The first-order valence-electron chi connectivity index (χ1n) is 28.1. The molecule has 452 valence electrons. The molecular formula is C63H72N10O13. The van der Waals surface area contributed by atoms with E-state index in [1.165, 1.54) is 14.2 Å². The third-order valence-corrected chi connectivity index (χ3v) is 13.8. The van der Waals surface area contributed by atoms with Crippen molar-refractivity contribution in [3.05, 3.63) is 144 Å². The Bertz CT molecular complexity index is 3620. The van der Waals surface area contributed by atoms with Crippen molar-refractivity contribution in [3.63, 3.8) is 0 Å². The molecule has 23 nitrogen and oxygen atoms in total. The number of amides is 2. The largest absolute Gasteiger partial charge is 0.497 e. The summed E-state index contributed by atoms with van der Waals surface area (Å²) in [6, 6.07) is 33.3. The van der Waals surface area contributed by atoms with E-state index in [4.69, 9.17) is 48.5 Å². The van der Waals surface area contributed by atoms with Crippen molar-refractivity contribution in [3.8, 4) is 23.3 Å². The summed E-state index contributed by atoms with van der Waals surface area (Å²) >= 11 is 0. The first-order chi connectivity index (χ1) is 41.4. The summed E-state index contributed by atoms with van der Waals surface area (Å²) < 4.78 is 42.2. The van der Waals surface area contributed by atoms with E-state index in [1.54, 1.807) is 79.5 Å². The maximum absolute atomic E-state index is 12.6. The highest BCUT2D eigenvalue weighted by atomic mass is 16.6. The molecule has 0 radical (unpaired) electrons. The minimum absolute atomic E-state index is 0.121. The second kappa shape index (κ2) is 28.6. The van der Waals surface area contributed by atoms with Gasteiger partial charge in [-0.1, -0.05) is 38.1 Å². The van der Waals surface area contributed by atoms with Gasteiger partial charge in [0.2, 0.25) is 17.7 Å². The average molecular weight is 1180 g/mol. The number of carbonyl (C=O) groups excluding carboxylic acids is 4. The molecule has 2 aliphatic rings. The molecule has 0 spiro atoms. The maximum Gasteiger partial charge on any atom is 0.410 e. The number of ether oxygens (including phenoxy) is 7. The molecule has 0 saturated carbocycles. The Balaban J connectivity index is 0.000000208. The van der Waals surface area contributed by atoms with Gasteiger partial charge in [0.25, 0.3) is 0 Å². The maximum atomic E-state index is 12.6. The van der Waals surface area contributed by atoms with Gasteiger partial charge >= 0.3 is 24.0 Å². The van der Waals surface area contributed by atoms with Crippen LogP contribution >= 0.6 is 0 Å². The van der Waals surface area contributed by atoms with E-state index in [9.17, 15) is 24.0 Å². The number of benzene rings is 4. The molecule has 8 aromatic rings. The third kappa shape index (κ3) is 16.0. The van der Waals surface area contributed by atoms with Crippen molar-refractivity contribution < 1.29 is 62.2 Å². The summed E-state index contributed by atoms with van der Waals surface area (Å²) in [5, 5.41) is 25.7. The number of nitrogens with zero attached hydrogens (tertiary/aromatic N) is 8. The lowest BCUT2D eigenvalue weighted by Crippen LogP contribution is -2.36. The molecule has 2 saturated heterocycles. The van der Waals surface area contributed by atoms with E-state index in [0.717, 1.165) is 57.2 Å². The molecule has 3 N–H and O–H groups in total. The Hall–Kier alpha value is -9.93. The van der Waals surface area contributed by atoms with Gasteiger partial charge in [-0.25, -0.2) is 33.7 Å². The van der Waals surface area contributed by atoms with Gasteiger partial charge in [0.1, 0.15) is 40.1 Å². The fraction of sp³-hybridized carbons (Fsp3) is 0.349. The van der Waals surface area contributed by atoms with Crippen molar-refractivity contribution in [1.82, 2.24) is 39.3 Å². The van der Waals surface area contributed by atoms with Crippen molar-refractivity contribution in [2.75, 3.05) is 65.3 Å². The first-order valence-corrected chi connectivity index (χ1v) is 28.1. The number of carbonyl (C=O) groups is 5. The Morgan fingerprint density at radius 3 is 1.35 bits per heavy atom. The third-order valence-electron chi connectivity index (χ3n) is 13.8. The van der Waals surface area contributed by atoms with Crippen LogP contribution in [0.3, 0.4) is 0 Å². The van der Waals surface area contributed by atoms with Gasteiger partial charge in [0.05, 0.1) is 77.1 Å². The summed E-state index contributed by atoms with van der Waals surface area (Å²) in [7, 11) is 5.98. The van der Waals surface area contributed by atoms with E-state index < -0.39 is 23.5 Å². The van der Waals surface area contributed by atoms with Gasteiger partial charge in [-0.05, 0) is 117 Å². The van der Waals surface area contributed by atoms with E-state index in [2.05, 4.69) is 20.6 Å². The molecule has 4 aromatic carbocycles. The highest BCUT2D eigenvalue weighted by Crippen LogP contribution is 2.37. The van der Waals surface area contributed by atoms with Crippen molar-refractivity contribution in [2.24, 2.45) is 0 Å². The fourth-order valence-electron chi connectivity index (χ4n) is 9.36. The number of esters is 2. The number of rotatable bonds is 18. The molecular weight excluding hydrogens is 1100 g/mol. The number of hydrogen-bond acceptors (Lipinski definition) is 18. The van der Waals surface area contributed by atoms with Crippen molar-refractivity contribution in [1.29, 1.82) is 0 Å². The van der Waals surface area contributed by atoms with Crippen LogP contribution in [0, 0.1) is 0 Å². The molecule has 6 heterocycles. The van der Waals surface area contributed by atoms with Crippen molar-refractivity contribution in [2.45, 2.75) is 91.2 Å². The SMILES string of the molecule is CCC(=O)N1CC[C@@H](Oc2nn(Cc3ccc(OC)cc3)c3nccc(Nc4ccc(C(=O)OC)cc4)c23)C1.CCC(=O)O.COC(=O)c1ccc(Nc2ccnc3c2c(O[C@@H]2CCN(C(=O)OC(C)(C)C)C2)nn3Cc2ccc(OC)cc2)cc1. The highest BCUT2D eigenvalue weighted by Gasteiger charge is 2.33. The predicted molar refractivity (Wildman–Crippen MR) is 322 cm³/mol. The summed E-state index contributed by atoms with van der Waals surface area (Å²) in [5.74, 6) is 0.999. The first kappa shape index (κ1) is 62.1. The summed E-state index contributed by atoms with van der Waals surface area (Å²) in [6.07, 6.45) is 4.71. The lowest BCUT2D eigenvalue weighted by molar-refractivity contribution is -0.136. The molecule has 10 rings (SSSR count). The number of pyridine rings is 2. The number of nitrogens with one attached hydrogen (secondary N) is 2. The van der Waals surface area contributed by atoms with E-state index in [0.29, 0.717) is 91.7 Å². The van der Waals surface area contributed by atoms with E-state index in [1.807, 2.05) is 110 Å². The van der Waals surface area contributed by atoms with Gasteiger partial charge in [-0.3, -0.25) is 9.59 Å². The molecule has 2 amide bonds. The van der Waals surface area contributed by atoms with Crippen LogP contribution < -0.4 is 29.6 Å². The fourth-order valence-corrected chi connectivity index (χ4v) is 9.36. The van der Waals surface area contributed by atoms with Gasteiger partial charge in [-0.2, -0.15) is 0 Å². The average Bonchev–Trinajstić information content (AvgIpc) is 1.95. The van der Waals surface area contributed by atoms with E-state index in [-0.39, 0.29) is 30.6 Å². The van der Waals surface area contributed by atoms with Crippen LogP contribution in [0.15, 0.2) is 122 Å². The van der Waals surface area contributed by atoms with E-state index >= 15 is 0 Å². The lowest BCUT2D eigenvalue weighted by Gasteiger charge is -2.24. The summed E-state index contributed by atoms with van der Waals surface area (Å²) in [6.45, 7) is 12.1. The number of anilines is 4. The molecule has 0 unspecified atom stereocenters. The second-order valence-electron chi connectivity index (χ2n) is 21.0. The lowest BCUT2D eigenvalue weighted by atomic mass is 10.2. The van der Waals surface area contributed by atoms with Gasteiger partial charge in [0, 0.05) is 62.5 Å². The molecule has 2 atom stereocenters. The predicted octanol–water partition coefficient (Wildman–Crippen LogP) is 10.3. The molecule has 0 aliphatic carbocycles. The standard InChI is InChI=1S/C31H35N5O6.C29H31N5O5.C3H6O2/c1-31(2,3)42-30(38)35-17-15-24(19-35)41-28-26-25(33-22-10-8-21(9-11-22)29(37)40-5)14-16-32-27(26)36(34-28)18-20-6-12-23(39-4)13-7-20;1-4-25(35)33-16-14-23(18-33)39-28-26-24(31-21-9-7-20(8-10-21)29(36)38-3)13-15-30-27(26)34(32-28)17-19-5-11-22(37-2)12-6-19;1-2-3(4)5/h6-14,16,24H,15,17-19H2,1-5H3,(H,32,33);5-13,15,23H,4,14,16-18H2,1-3H3,(H,30,31);2H2,1H3,(H,4,5)/t24-;23-;/m11./s1. The Labute approximate surface area is 498 Å². The van der Waals surface area contributed by atoms with Gasteiger partial charge < -0.3 is 58.7 Å². The second-order valence-corrected chi connectivity index (χ2v) is 21.0. The zero-order chi connectivity index (χ0) is 61.5. The number of carboxylic acids is 1. The van der Waals surface area contributed by atoms with Crippen LogP contribution in [0.5, 0.6) is 23.3 Å². The Morgan fingerprint density at radius 1 is 0.570 bits per heavy atom. The van der Waals surface area contributed by atoms with Crippen LogP contribution in [-0.4, -0.2) is 147 Å². The van der Waals surface area contributed by atoms with Crippen LogP contribution in [0.1, 0.15) is 92.1 Å². The van der Waals surface area contributed by atoms with Crippen molar-refractivity contribution >= 4 is 74.7 Å². The number of hydrogen-bond donors (Lipinski definition) is 3. The Morgan fingerprint density at radius 2 is 0.977 bits per heavy atom. The molecule has 2 fully saturated rings. The monoisotopic (exact) mass is 1180 g/mol. The van der Waals surface area contributed by atoms with Crippen LogP contribution in [0.25, 0.3) is 22.1 Å². The molecule has 86 heavy (non-hydrogen) atoms. The topological polar surface area (TPSA) is 262 Å². The quantitative estimate of drug-likeness (QED) is 0.0533. The minimum Gasteiger partial charge on any atom is -0.497 e. The number of aliphatic carboxylic acids is 1. The minimum atomic E-state index is -0.745. The van der Waals surface area contributed by atoms with Gasteiger partial charge in [-0.15, -0.1) is 10.2 Å². The smallest absolute Gasteiger partial charge is 0.410 e. The number of methoxy groups -OCH3 is 4. The van der Waals surface area contributed by atoms with Crippen LogP contribution in [0.2, 0.25) is 0 Å². The number of aromatic nitrogens is 6. The normalized spacial score (nSPS) is 14.5. The Kier molecular flexibility index (Phi) is 20.6. The van der Waals surface area contributed by atoms with Gasteiger partial charge in [0.15, 0.2) is 11.3 Å². The zero-order valence-electron chi connectivity index (χ0n) is 49.7. The number of carboxylic acid groups (broad SMARTS) is 1. The summed E-state index contributed by atoms with van der Waals surface area (Å²) in [4.78, 5) is 70.7. The van der Waals surface area contributed by atoms with Crippen LogP contribution in [0.4, 0.5) is 27.5 Å². The number of likely N-dealkylation sites (tertiary alicyclic amines) is 2. The van der Waals surface area contributed by atoms with Crippen LogP contribution in [-0.2, 0) is 36.9 Å². The number of fused-ring (bicyclic) bond motifs is 2. The molecule has 23 heteroatoms. The molecule has 0 bridgehead atoms. The highest BCUT2D eigenvalue weighted by molar-refractivity contribution is 5.97.